The van der Waals surface area contributed by atoms with Crippen LogP contribution in [-0.4, -0.2) is 64.9 Å². The topological polar surface area (TPSA) is 119 Å². The minimum Gasteiger partial charge on any atom is -0.449 e. The lowest BCUT2D eigenvalue weighted by Crippen LogP contribution is -2.61. The molecule has 0 saturated carbocycles. The lowest BCUT2D eigenvalue weighted by atomic mass is 9.98. The van der Waals surface area contributed by atoms with Crippen LogP contribution in [0.2, 0.25) is 0 Å². The van der Waals surface area contributed by atoms with Gasteiger partial charge in [-0.2, -0.15) is 0 Å². The highest BCUT2D eigenvalue weighted by Crippen LogP contribution is 2.44. The minimum absolute atomic E-state index is 0.108. The molecule has 0 radical (unpaired) electrons. The molecule has 3 aromatic carbocycles. The number of fused-ring (bicyclic) bond motifs is 3. The molecule has 1 saturated heterocycles. The number of nitrogens with zero attached hydrogens (tertiary/aromatic N) is 2. The average Bonchev–Trinajstić information content (AvgIpc) is 3.37. The lowest BCUT2D eigenvalue weighted by molar-refractivity contribution is 0.0159. The second-order valence-electron chi connectivity index (χ2n) is 12.8. The molecule has 2 aliphatic rings. The van der Waals surface area contributed by atoms with Gasteiger partial charge in [-0.1, -0.05) is 54.6 Å². The number of nitrogens with one attached hydrogen (secondary N) is 2. The van der Waals surface area contributed by atoms with Gasteiger partial charge in [0.1, 0.15) is 12.2 Å². The highest BCUT2D eigenvalue weighted by molar-refractivity contribution is 5.94. The molecule has 2 unspecified atom stereocenters. The molecule has 10 nitrogen and oxygen atoms in total. The van der Waals surface area contributed by atoms with Gasteiger partial charge in [-0.05, 0) is 79.8 Å². The van der Waals surface area contributed by atoms with Crippen LogP contribution in [0.5, 0.6) is 0 Å². The Labute approximate surface area is 273 Å². The average molecular weight is 635 g/mol. The van der Waals surface area contributed by atoms with Gasteiger partial charge in [-0.3, -0.25) is 14.2 Å². The summed E-state index contributed by atoms with van der Waals surface area (Å²) in [5.74, 6) is -0.449. The monoisotopic (exact) mass is 634 g/mol. The van der Waals surface area contributed by atoms with E-state index in [0.29, 0.717) is 24.2 Å². The van der Waals surface area contributed by atoms with E-state index in [9.17, 15) is 19.2 Å². The molecule has 1 fully saturated rings. The van der Waals surface area contributed by atoms with Crippen molar-refractivity contribution in [3.63, 3.8) is 0 Å². The number of hydrogen-bond acceptors (Lipinski definition) is 6. The molecule has 47 heavy (non-hydrogen) atoms. The van der Waals surface area contributed by atoms with E-state index in [1.165, 1.54) is 15.5 Å². The number of carbonyl (C=O) groups excluding carboxylic acids is 3. The summed E-state index contributed by atoms with van der Waals surface area (Å²) in [6.07, 6.45) is 0.917. The Morgan fingerprint density at radius 2 is 1.45 bits per heavy atom. The number of carbonyl (C=O) groups is 3. The van der Waals surface area contributed by atoms with E-state index in [1.807, 2.05) is 24.3 Å². The highest BCUT2D eigenvalue weighted by Gasteiger charge is 2.36. The van der Waals surface area contributed by atoms with E-state index < -0.39 is 29.9 Å². The number of amides is 3. The van der Waals surface area contributed by atoms with Crippen molar-refractivity contribution >= 4 is 18.1 Å². The van der Waals surface area contributed by atoms with Gasteiger partial charge in [-0.25, -0.2) is 9.59 Å². The Balaban J connectivity index is 1.15. The zero-order valence-corrected chi connectivity index (χ0v) is 26.6. The SMILES string of the molecule is CC(C)(C)OC(=O)N1CCC(NC(=O)c2ccc(-n3ccccc3=O)cc2)C(NC(=O)OCC2c3ccccc3-c3ccccc32)C1. The Hall–Kier alpha value is -5.38. The number of likely N-dealkylation sites (tertiary alicyclic amines) is 1. The fraction of sp³-hybridized carbons (Fsp3) is 0.297. The van der Waals surface area contributed by atoms with Gasteiger partial charge in [-0.15, -0.1) is 0 Å². The summed E-state index contributed by atoms with van der Waals surface area (Å²) in [5, 5.41) is 5.95. The zero-order valence-electron chi connectivity index (χ0n) is 26.6. The highest BCUT2D eigenvalue weighted by atomic mass is 16.6. The second kappa shape index (κ2) is 13.2. The number of rotatable bonds is 6. The fourth-order valence-corrected chi connectivity index (χ4v) is 6.22. The molecule has 0 bridgehead atoms. The maximum atomic E-state index is 13.4. The van der Waals surface area contributed by atoms with Crippen molar-refractivity contribution in [2.24, 2.45) is 0 Å². The van der Waals surface area contributed by atoms with Crippen LogP contribution in [-0.2, 0) is 9.47 Å². The van der Waals surface area contributed by atoms with E-state index in [0.717, 1.165) is 22.3 Å². The largest absolute Gasteiger partial charge is 0.449 e. The van der Waals surface area contributed by atoms with Crippen molar-refractivity contribution < 1.29 is 23.9 Å². The molecular formula is C37H38N4O6. The first-order chi connectivity index (χ1) is 22.6. The van der Waals surface area contributed by atoms with E-state index in [-0.39, 0.29) is 30.5 Å². The van der Waals surface area contributed by atoms with Gasteiger partial charge in [0.15, 0.2) is 0 Å². The Morgan fingerprint density at radius 3 is 2.09 bits per heavy atom. The van der Waals surface area contributed by atoms with Crippen molar-refractivity contribution in [3.05, 3.63) is 124 Å². The van der Waals surface area contributed by atoms with Gasteiger partial charge in [0.2, 0.25) is 0 Å². The molecule has 10 heteroatoms. The number of pyridine rings is 1. The van der Waals surface area contributed by atoms with Gasteiger partial charge in [0, 0.05) is 42.5 Å². The van der Waals surface area contributed by atoms with Crippen LogP contribution in [0.15, 0.2) is 102 Å². The van der Waals surface area contributed by atoms with E-state index in [4.69, 9.17) is 9.47 Å². The predicted octanol–water partition coefficient (Wildman–Crippen LogP) is 5.48. The lowest BCUT2D eigenvalue weighted by Gasteiger charge is -2.39. The van der Waals surface area contributed by atoms with Gasteiger partial charge >= 0.3 is 12.2 Å². The summed E-state index contributed by atoms with van der Waals surface area (Å²) in [4.78, 5) is 53.4. The van der Waals surface area contributed by atoms with Gasteiger partial charge in [0.25, 0.3) is 11.5 Å². The smallest absolute Gasteiger partial charge is 0.410 e. The number of alkyl carbamates (subject to hydrolysis) is 1. The summed E-state index contributed by atoms with van der Waals surface area (Å²) in [5.41, 5.74) is 4.62. The van der Waals surface area contributed by atoms with Crippen molar-refractivity contribution in [1.29, 1.82) is 0 Å². The molecule has 6 rings (SSSR count). The molecule has 1 aliphatic heterocycles. The second-order valence-corrected chi connectivity index (χ2v) is 12.8. The quantitative estimate of drug-likeness (QED) is 0.290. The van der Waals surface area contributed by atoms with Crippen LogP contribution in [0.3, 0.4) is 0 Å². The third-order valence-electron chi connectivity index (χ3n) is 8.46. The minimum atomic E-state index is -0.686. The van der Waals surface area contributed by atoms with E-state index in [2.05, 4.69) is 34.9 Å². The molecule has 2 heterocycles. The Morgan fingerprint density at radius 1 is 0.809 bits per heavy atom. The molecule has 4 aromatic rings. The van der Waals surface area contributed by atoms with Crippen molar-refractivity contribution in [2.75, 3.05) is 19.7 Å². The first-order valence-electron chi connectivity index (χ1n) is 15.8. The van der Waals surface area contributed by atoms with Crippen LogP contribution in [0.4, 0.5) is 9.59 Å². The van der Waals surface area contributed by atoms with Crippen molar-refractivity contribution in [2.45, 2.75) is 50.8 Å². The summed E-state index contributed by atoms with van der Waals surface area (Å²) in [6, 6.07) is 26.7. The molecule has 3 amide bonds. The predicted molar refractivity (Wildman–Crippen MR) is 178 cm³/mol. The maximum absolute atomic E-state index is 13.4. The van der Waals surface area contributed by atoms with Crippen molar-refractivity contribution in [1.82, 2.24) is 20.1 Å². The molecule has 2 atom stereocenters. The fourth-order valence-electron chi connectivity index (χ4n) is 6.22. The number of benzene rings is 3. The Bertz CT molecular complexity index is 1800. The molecule has 2 N–H and O–H groups in total. The molecule has 242 valence electrons. The first-order valence-corrected chi connectivity index (χ1v) is 15.8. The number of piperidine rings is 1. The van der Waals surface area contributed by atoms with Crippen LogP contribution in [0.25, 0.3) is 16.8 Å². The number of hydrogen-bond donors (Lipinski definition) is 2. The van der Waals surface area contributed by atoms with E-state index >= 15 is 0 Å². The Kier molecular flexibility index (Phi) is 8.84. The zero-order chi connectivity index (χ0) is 33.1. The van der Waals surface area contributed by atoms with Gasteiger partial charge in [0.05, 0.1) is 12.1 Å². The van der Waals surface area contributed by atoms with Crippen LogP contribution >= 0.6 is 0 Å². The summed E-state index contributed by atoms with van der Waals surface area (Å²) in [7, 11) is 0. The normalized spacial score (nSPS) is 17.3. The molecular weight excluding hydrogens is 596 g/mol. The summed E-state index contributed by atoms with van der Waals surface area (Å²) >= 11 is 0. The molecule has 1 aliphatic carbocycles. The third-order valence-corrected chi connectivity index (χ3v) is 8.46. The standard InChI is InChI=1S/C37H38N4O6/c1-37(2,3)47-36(45)40-21-19-31(38-34(43)24-15-17-25(18-16-24)41-20-9-8-14-33(41)42)32(22-40)39-35(44)46-23-30-28-12-6-4-10-26(28)27-11-5-7-13-29(27)30/h4-18,20,30-32H,19,21-23H2,1-3H3,(H,38,43)(H,39,44). The number of aromatic nitrogens is 1. The third kappa shape index (κ3) is 7.06. The molecule has 0 spiro atoms. The number of ether oxygens (including phenoxy) is 2. The van der Waals surface area contributed by atoms with E-state index in [1.54, 1.807) is 63.4 Å². The van der Waals surface area contributed by atoms with Crippen LogP contribution in [0.1, 0.15) is 54.6 Å². The summed E-state index contributed by atoms with van der Waals surface area (Å²) < 4.78 is 12.9. The van der Waals surface area contributed by atoms with Crippen LogP contribution in [0, 0.1) is 0 Å². The molecule has 1 aromatic heterocycles. The summed E-state index contributed by atoms with van der Waals surface area (Å²) in [6.45, 7) is 5.98. The van der Waals surface area contributed by atoms with Crippen molar-refractivity contribution in [3.8, 4) is 16.8 Å². The maximum Gasteiger partial charge on any atom is 0.410 e. The van der Waals surface area contributed by atoms with Crippen LogP contribution < -0.4 is 16.2 Å². The van der Waals surface area contributed by atoms with Gasteiger partial charge < -0.3 is 25.0 Å². The first kappa shape index (κ1) is 31.6.